The highest BCUT2D eigenvalue weighted by Crippen LogP contribution is 2.20. The lowest BCUT2D eigenvalue weighted by Gasteiger charge is -2.03. The molecule has 0 aromatic rings. The van der Waals surface area contributed by atoms with E-state index in [4.69, 9.17) is 0 Å². The van der Waals surface area contributed by atoms with Crippen molar-refractivity contribution in [3.63, 3.8) is 0 Å². The van der Waals surface area contributed by atoms with Crippen LogP contribution in [-0.4, -0.2) is 37.7 Å². The van der Waals surface area contributed by atoms with Gasteiger partial charge in [-0.25, -0.2) is 8.42 Å². The highest BCUT2D eigenvalue weighted by atomic mass is 32.2. The van der Waals surface area contributed by atoms with Gasteiger partial charge in [-0.3, -0.25) is 4.79 Å². The van der Waals surface area contributed by atoms with Crippen LogP contribution in [0.1, 0.15) is 6.42 Å². The lowest BCUT2D eigenvalue weighted by atomic mass is 10.1. The zero-order chi connectivity index (χ0) is 9.19. The molecule has 1 aliphatic heterocycles. The molecule has 5 heteroatoms. The first-order valence-electron chi connectivity index (χ1n) is 3.77. The van der Waals surface area contributed by atoms with Gasteiger partial charge in [0.2, 0.25) is 0 Å². The minimum atomic E-state index is -2.89. The molecule has 0 spiro atoms. The third kappa shape index (κ3) is 2.48. The predicted octanol–water partition coefficient (Wildman–Crippen LogP) is 0.353. The minimum Gasteiger partial charge on any atom is -0.298 e. The van der Waals surface area contributed by atoms with E-state index in [0.29, 0.717) is 12.2 Å². The van der Waals surface area contributed by atoms with E-state index in [-0.39, 0.29) is 23.2 Å². The standard InChI is InChI=1S/C7H12O3S2/c1-11-4-7(8)6-2-3-12(9,10)5-6/h6H,2-5H2,1H3. The summed E-state index contributed by atoms with van der Waals surface area (Å²) in [4.78, 5) is 11.2. The maximum Gasteiger partial charge on any atom is 0.151 e. The fourth-order valence-electron chi connectivity index (χ4n) is 1.31. The van der Waals surface area contributed by atoms with Crippen LogP contribution < -0.4 is 0 Å². The average Bonchev–Trinajstić information content (AvgIpc) is 2.31. The molecule has 0 aromatic heterocycles. The summed E-state index contributed by atoms with van der Waals surface area (Å²) in [5.41, 5.74) is 0. The van der Waals surface area contributed by atoms with Gasteiger partial charge in [-0.1, -0.05) is 0 Å². The Labute approximate surface area is 76.8 Å². The minimum absolute atomic E-state index is 0.0758. The van der Waals surface area contributed by atoms with Crippen LogP contribution in [0.5, 0.6) is 0 Å². The highest BCUT2D eigenvalue weighted by Gasteiger charge is 2.32. The summed E-state index contributed by atoms with van der Waals surface area (Å²) in [5.74, 6) is 0.579. The fraction of sp³-hybridized carbons (Fsp3) is 0.857. The molecule has 0 aliphatic carbocycles. The topological polar surface area (TPSA) is 51.2 Å². The van der Waals surface area contributed by atoms with Gasteiger partial charge in [0.1, 0.15) is 5.78 Å². The van der Waals surface area contributed by atoms with Crippen LogP contribution in [0.25, 0.3) is 0 Å². The normalized spacial score (nSPS) is 27.2. The average molecular weight is 208 g/mol. The Hall–Kier alpha value is -0.0300. The zero-order valence-corrected chi connectivity index (χ0v) is 8.58. The Morgan fingerprint density at radius 1 is 1.58 bits per heavy atom. The van der Waals surface area contributed by atoms with Crippen molar-refractivity contribution in [2.45, 2.75) is 6.42 Å². The van der Waals surface area contributed by atoms with Gasteiger partial charge in [-0.05, 0) is 12.7 Å². The fourth-order valence-corrected chi connectivity index (χ4v) is 3.61. The monoisotopic (exact) mass is 208 g/mol. The number of thioether (sulfide) groups is 1. The Bertz CT molecular complexity index is 268. The summed E-state index contributed by atoms with van der Waals surface area (Å²) in [5, 5.41) is 0. The van der Waals surface area contributed by atoms with Gasteiger partial charge >= 0.3 is 0 Å². The summed E-state index contributed by atoms with van der Waals surface area (Å²) in [6, 6.07) is 0. The van der Waals surface area contributed by atoms with Crippen molar-refractivity contribution in [1.82, 2.24) is 0 Å². The second kappa shape index (κ2) is 3.79. The van der Waals surface area contributed by atoms with Crippen molar-refractivity contribution >= 4 is 27.4 Å². The summed E-state index contributed by atoms with van der Waals surface area (Å²) in [7, 11) is -2.89. The van der Waals surface area contributed by atoms with Crippen molar-refractivity contribution in [1.29, 1.82) is 0 Å². The van der Waals surface area contributed by atoms with Gasteiger partial charge in [-0.15, -0.1) is 0 Å². The number of carbonyl (C=O) groups is 1. The number of sulfone groups is 1. The smallest absolute Gasteiger partial charge is 0.151 e. The van der Waals surface area contributed by atoms with Gasteiger partial charge in [0.25, 0.3) is 0 Å². The first-order chi connectivity index (χ1) is 5.55. The van der Waals surface area contributed by atoms with Crippen LogP contribution in [0.3, 0.4) is 0 Å². The first-order valence-corrected chi connectivity index (χ1v) is 6.99. The molecule has 0 radical (unpaired) electrons. The largest absolute Gasteiger partial charge is 0.298 e. The van der Waals surface area contributed by atoms with Gasteiger partial charge < -0.3 is 0 Å². The molecule has 1 aliphatic rings. The van der Waals surface area contributed by atoms with Crippen molar-refractivity contribution in [3.05, 3.63) is 0 Å². The van der Waals surface area contributed by atoms with Crippen LogP contribution in [-0.2, 0) is 14.6 Å². The first kappa shape index (κ1) is 10.1. The molecule has 1 heterocycles. The van der Waals surface area contributed by atoms with Gasteiger partial charge in [-0.2, -0.15) is 11.8 Å². The van der Waals surface area contributed by atoms with Crippen LogP contribution in [0.15, 0.2) is 0 Å². The molecule has 12 heavy (non-hydrogen) atoms. The summed E-state index contributed by atoms with van der Waals surface area (Å²) >= 11 is 1.45. The molecule has 0 amide bonds. The number of hydrogen-bond acceptors (Lipinski definition) is 4. The Morgan fingerprint density at radius 3 is 2.67 bits per heavy atom. The molecule has 3 nitrogen and oxygen atoms in total. The van der Waals surface area contributed by atoms with Gasteiger partial charge in [0.05, 0.1) is 17.3 Å². The molecule has 1 saturated heterocycles. The maximum atomic E-state index is 11.2. The van der Waals surface area contributed by atoms with Crippen molar-refractivity contribution in [2.24, 2.45) is 5.92 Å². The molecule has 0 bridgehead atoms. The highest BCUT2D eigenvalue weighted by molar-refractivity contribution is 7.99. The van der Waals surface area contributed by atoms with Crippen LogP contribution >= 0.6 is 11.8 Å². The SMILES string of the molecule is CSCC(=O)C1CCS(=O)(=O)C1. The second-order valence-corrected chi connectivity index (χ2v) is 6.09. The summed E-state index contributed by atoms with van der Waals surface area (Å²) in [6.45, 7) is 0. The Kier molecular flexibility index (Phi) is 3.17. The number of hydrogen-bond donors (Lipinski definition) is 0. The third-order valence-electron chi connectivity index (χ3n) is 1.97. The number of Topliss-reactive ketones (excluding diaryl/α,β-unsaturated/α-hetero) is 1. The van der Waals surface area contributed by atoms with Crippen LogP contribution in [0.4, 0.5) is 0 Å². The molecule has 70 valence electrons. The molecule has 1 atom stereocenters. The van der Waals surface area contributed by atoms with Gasteiger partial charge in [0, 0.05) is 5.92 Å². The molecular formula is C7H12O3S2. The van der Waals surface area contributed by atoms with Crippen LogP contribution in [0.2, 0.25) is 0 Å². The molecule has 0 N–H and O–H groups in total. The van der Waals surface area contributed by atoms with E-state index in [1.165, 1.54) is 11.8 Å². The predicted molar refractivity (Wildman–Crippen MR) is 50.1 cm³/mol. The number of ketones is 1. The zero-order valence-electron chi connectivity index (χ0n) is 6.95. The molecule has 1 rings (SSSR count). The molecule has 0 saturated carbocycles. The van der Waals surface area contributed by atoms with E-state index >= 15 is 0 Å². The van der Waals surface area contributed by atoms with E-state index < -0.39 is 9.84 Å². The molecule has 1 fully saturated rings. The van der Waals surface area contributed by atoms with Crippen molar-refractivity contribution in [3.8, 4) is 0 Å². The second-order valence-electron chi connectivity index (χ2n) is 3.00. The summed E-state index contributed by atoms with van der Waals surface area (Å²) in [6.07, 6.45) is 2.38. The van der Waals surface area contributed by atoms with E-state index in [1.54, 1.807) is 0 Å². The number of rotatable bonds is 3. The molecule has 0 aromatic carbocycles. The van der Waals surface area contributed by atoms with Gasteiger partial charge in [0.15, 0.2) is 9.84 Å². The van der Waals surface area contributed by atoms with Crippen molar-refractivity contribution < 1.29 is 13.2 Å². The summed E-state index contributed by atoms with van der Waals surface area (Å²) < 4.78 is 22.0. The Balaban J connectivity index is 2.53. The maximum absolute atomic E-state index is 11.2. The van der Waals surface area contributed by atoms with Crippen molar-refractivity contribution in [2.75, 3.05) is 23.5 Å². The lowest BCUT2D eigenvalue weighted by molar-refractivity contribution is -0.119. The third-order valence-corrected chi connectivity index (χ3v) is 4.32. The van der Waals surface area contributed by atoms with E-state index in [0.717, 1.165) is 0 Å². The Morgan fingerprint density at radius 2 is 2.25 bits per heavy atom. The lowest BCUT2D eigenvalue weighted by Crippen LogP contribution is -2.17. The molecular weight excluding hydrogens is 196 g/mol. The van der Waals surface area contributed by atoms with E-state index in [1.807, 2.05) is 6.26 Å². The van der Waals surface area contributed by atoms with Crippen LogP contribution in [0, 0.1) is 5.92 Å². The quantitative estimate of drug-likeness (QED) is 0.671. The molecule has 1 unspecified atom stereocenters. The number of carbonyl (C=O) groups excluding carboxylic acids is 1. The van der Waals surface area contributed by atoms with E-state index in [9.17, 15) is 13.2 Å². The van der Waals surface area contributed by atoms with E-state index in [2.05, 4.69) is 0 Å².